The van der Waals surface area contributed by atoms with E-state index in [-0.39, 0.29) is 24.4 Å². The number of carbonyl (C=O) groups is 4. The standard InChI is InChI=1S/C20H28N4O7/c1-12(25)24(30)17(21)14-7-5-13(6-8-14)11-22-18(28)15(9-10-16(26)27)23-19(29)31-20(2,3)4/h5-8,15,21,30H,9-11H2,1-4H3,(H,22,28)(H,23,29)(H,26,27)/t15-/m0/s1. The lowest BCUT2D eigenvalue weighted by Crippen LogP contribution is -2.48. The summed E-state index contributed by atoms with van der Waals surface area (Å²) in [7, 11) is 0. The molecule has 1 aromatic carbocycles. The van der Waals surface area contributed by atoms with Crippen molar-refractivity contribution in [3.63, 3.8) is 0 Å². The molecule has 170 valence electrons. The Bertz CT molecular complexity index is 831. The number of carboxylic acids is 1. The van der Waals surface area contributed by atoms with Gasteiger partial charge in [0.1, 0.15) is 11.6 Å². The van der Waals surface area contributed by atoms with Crippen molar-refractivity contribution in [3.05, 3.63) is 35.4 Å². The number of rotatable bonds is 8. The van der Waals surface area contributed by atoms with Crippen molar-refractivity contribution in [3.8, 4) is 0 Å². The maximum atomic E-state index is 12.5. The number of hydroxylamine groups is 2. The molecular weight excluding hydrogens is 408 g/mol. The van der Waals surface area contributed by atoms with Gasteiger partial charge < -0.3 is 20.5 Å². The fourth-order valence-electron chi connectivity index (χ4n) is 2.36. The predicted octanol–water partition coefficient (Wildman–Crippen LogP) is 1.62. The van der Waals surface area contributed by atoms with Crippen molar-refractivity contribution in [2.45, 2.75) is 58.7 Å². The second-order valence-corrected chi connectivity index (χ2v) is 7.73. The van der Waals surface area contributed by atoms with Gasteiger partial charge >= 0.3 is 12.1 Å². The lowest BCUT2D eigenvalue weighted by atomic mass is 10.1. The topological polar surface area (TPSA) is 169 Å². The third kappa shape index (κ3) is 9.26. The number of nitrogens with zero attached hydrogens (tertiary/aromatic N) is 1. The van der Waals surface area contributed by atoms with E-state index in [2.05, 4.69) is 10.6 Å². The second-order valence-electron chi connectivity index (χ2n) is 7.73. The largest absolute Gasteiger partial charge is 0.481 e. The van der Waals surface area contributed by atoms with Gasteiger partial charge in [-0.15, -0.1) is 0 Å². The number of aliphatic carboxylic acids is 1. The number of hydrogen-bond acceptors (Lipinski definition) is 7. The SMILES string of the molecule is CC(=O)N(O)C(=N)c1ccc(CNC(=O)[C@H](CCC(=O)O)NC(=O)OC(C)(C)C)cc1. The summed E-state index contributed by atoms with van der Waals surface area (Å²) in [6.07, 6.45) is -1.27. The lowest BCUT2D eigenvalue weighted by Gasteiger charge is -2.23. The number of alkyl carbamates (subject to hydrolysis) is 1. The number of benzene rings is 1. The van der Waals surface area contributed by atoms with Gasteiger partial charge in [0.2, 0.25) is 11.8 Å². The summed E-state index contributed by atoms with van der Waals surface area (Å²) in [5, 5.41) is 31.3. The molecule has 5 N–H and O–H groups in total. The molecule has 0 unspecified atom stereocenters. The van der Waals surface area contributed by atoms with Crippen molar-refractivity contribution in [2.24, 2.45) is 0 Å². The van der Waals surface area contributed by atoms with E-state index in [0.717, 1.165) is 6.92 Å². The van der Waals surface area contributed by atoms with Crippen LogP contribution in [0.4, 0.5) is 4.79 Å². The molecular formula is C20H28N4O7. The summed E-state index contributed by atoms with van der Waals surface area (Å²) in [4.78, 5) is 46.4. The first-order valence-corrected chi connectivity index (χ1v) is 9.46. The highest BCUT2D eigenvalue weighted by molar-refractivity contribution is 6.04. The number of amidine groups is 1. The van der Waals surface area contributed by atoms with E-state index in [1.807, 2.05) is 0 Å². The Hall–Kier alpha value is -3.47. The van der Waals surface area contributed by atoms with Gasteiger partial charge in [0.25, 0.3) is 0 Å². The average Bonchev–Trinajstić information content (AvgIpc) is 2.66. The number of hydrogen-bond donors (Lipinski definition) is 5. The van der Waals surface area contributed by atoms with Crippen molar-refractivity contribution in [2.75, 3.05) is 0 Å². The fourth-order valence-corrected chi connectivity index (χ4v) is 2.36. The molecule has 0 aliphatic heterocycles. The first-order valence-electron chi connectivity index (χ1n) is 9.46. The van der Waals surface area contributed by atoms with E-state index in [0.29, 0.717) is 11.1 Å². The molecule has 0 fully saturated rings. The quantitative estimate of drug-likeness (QED) is 0.178. The number of carbonyl (C=O) groups excluding carboxylic acids is 3. The highest BCUT2D eigenvalue weighted by Crippen LogP contribution is 2.09. The van der Waals surface area contributed by atoms with Crippen LogP contribution >= 0.6 is 0 Å². The van der Waals surface area contributed by atoms with Gasteiger partial charge in [-0.05, 0) is 32.8 Å². The molecule has 0 saturated carbocycles. The number of nitrogens with one attached hydrogen (secondary N) is 3. The Morgan fingerprint density at radius 2 is 1.74 bits per heavy atom. The Morgan fingerprint density at radius 3 is 2.23 bits per heavy atom. The van der Waals surface area contributed by atoms with E-state index in [4.69, 9.17) is 15.3 Å². The molecule has 31 heavy (non-hydrogen) atoms. The Balaban J connectivity index is 2.75. The van der Waals surface area contributed by atoms with Gasteiger partial charge in [0, 0.05) is 25.5 Å². The maximum absolute atomic E-state index is 12.5. The summed E-state index contributed by atoms with van der Waals surface area (Å²) < 4.78 is 5.11. The van der Waals surface area contributed by atoms with Crippen molar-refractivity contribution < 1.29 is 34.2 Å². The molecule has 3 amide bonds. The third-order valence-electron chi connectivity index (χ3n) is 3.86. The average molecular weight is 436 g/mol. The van der Waals surface area contributed by atoms with Crippen molar-refractivity contribution in [1.29, 1.82) is 5.41 Å². The van der Waals surface area contributed by atoms with Gasteiger partial charge in [0.15, 0.2) is 5.84 Å². The minimum Gasteiger partial charge on any atom is -0.481 e. The monoisotopic (exact) mass is 436 g/mol. The van der Waals surface area contributed by atoms with E-state index >= 15 is 0 Å². The van der Waals surface area contributed by atoms with Gasteiger partial charge in [-0.3, -0.25) is 25.0 Å². The van der Waals surface area contributed by atoms with Crippen LogP contribution in [0.1, 0.15) is 51.7 Å². The number of amides is 3. The van der Waals surface area contributed by atoms with Crippen LogP contribution in [-0.2, 0) is 25.7 Å². The normalized spacial score (nSPS) is 11.8. The molecule has 0 aromatic heterocycles. The highest BCUT2D eigenvalue weighted by Gasteiger charge is 2.25. The molecule has 1 atom stereocenters. The highest BCUT2D eigenvalue weighted by atomic mass is 16.6. The first kappa shape index (κ1) is 25.6. The molecule has 11 nitrogen and oxygen atoms in total. The Labute approximate surface area is 179 Å². The zero-order valence-electron chi connectivity index (χ0n) is 17.9. The molecule has 11 heteroatoms. The van der Waals surface area contributed by atoms with Crippen LogP contribution in [0.3, 0.4) is 0 Å². The lowest BCUT2D eigenvalue weighted by molar-refractivity contribution is -0.146. The molecule has 0 radical (unpaired) electrons. The van der Waals surface area contributed by atoms with Crippen LogP contribution in [-0.4, -0.2) is 56.7 Å². The van der Waals surface area contributed by atoms with Gasteiger partial charge in [0.05, 0.1) is 0 Å². The minimum atomic E-state index is -1.11. The maximum Gasteiger partial charge on any atom is 0.408 e. The van der Waals surface area contributed by atoms with Gasteiger partial charge in [-0.1, -0.05) is 24.3 Å². The minimum absolute atomic E-state index is 0.0710. The molecule has 1 rings (SSSR count). The van der Waals surface area contributed by atoms with Gasteiger partial charge in [-0.25, -0.2) is 4.79 Å². The summed E-state index contributed by atoms with van der Waals surface area (Å²) in [5.41, 5.74) is 0.157. The number of carboxylic acid groups (broad SMARTS) is 1. The fraction of sp³-hybridized carbons (Fsp3) is 0.450. The summed E-state index contributed by atoms with van der Waals surface area (Å²) in [6, 6.07) is 5.07. The summed E-state index contributed by atoms with van der Waals surface area (Å²) in [5.74, 6) is -2.78. The van der Waals surface area contributed by atoms with E-state index in [9.17, 15) is 24.4 Å². The zero-order chi connectivity index (χ0) is 23.8. The molecule has 1 aromatic rings. The van der Waals surface area contributed by atoms with E-state index in [1.54, 1.807) is 32.9 Å². The number of ether oxygens (including phenoxy) is 1. The molecule has 0 spiro atoms. The van der Waals surface area contributed by atoms with E-state index in [1.165, 1.54) is 12.1 Å². The Kier molecular flexibility index (Phi) is 9.13. The van der Waals surface area contributed by atoms with Crippen LogP contribution in [0.5, 0.6) is 0 Å². The van der Waals surface area contributed by atoms with Crippen molar-refractivity contribution in [1.82, 2.24) is 15.7 Å². The Morgan fingerprint density at radius 1 is 1.16 bits per heavy atom. The summed E-state index contributed by atoms with van der Waals surface area (Å²) in [6.45, 7) is 6.17. The van der Waals surface area contributed by atoms with Crippen molar-refractivity contribution >= 4 is 29.7 Å². The van der Waals surface area contributed by atoms with Crippen LogP contribution in [0.15, 0.2) is 24.3 Å². The molecule has 0 bridgehead atoms. The third-order valence-corrected chi connectivity index (χ3v) is 3.86. The predicted molar refractivity (Wildman–Crippen MR) is 109 cm³/mol. The van der Waals surface area contributed by atoms with Crippen LogP contribution < -0.4 is 10.6 Å². The van der Waals surface area contributed by atoms with Crippen LogP contribution in [0, 0.1) is 5.41 Å². The molecule has 0 aliphatic rings. The second kappa shape index (κ2) is 11.1. The molecule has 0 saturated heterocycles. The zero-order valence-corrected chi connectivity index (χ0v) is 17.9. The van der Waals surface area contributed by atoms with Crippen LogP contribution in [0.25, 0.3) is 0 Å². The smallest absolute Gasteiger partial charge is 0.408 e. The van der Waals surface area contributed by atoms with E-state index < -0.39 is 41.4 Å². The van der Waals surface area contributed by atoms with Crippen LogP contribution in [0.2, 0.25) is 0 Å². The van der Waals surface area contributed by atoms with Gasteiger partial charge in [-0.2, -0.15) is 5.06 Å². The first-order chi connectivity index (χ1) is 14.3. The molecule has 0 heterocycles. The molecule has 0 aliphatic carbocycles. The summed E-state index contributed by atoms with van der Waals surface area (Å²) >= 11 is 0.